The largest absolute Gasteiger partial charge is 0.497 e. The summed E-state index contributed by atoms with van der Waals surface area (Å²) in [6, 6.07) is 21.9. The second kappa shape index (κ2) is 12.4. The van der Waals surface area contributed by atoms with Gasteiger partial charge in [0.05, 0.1) is 7.11 Å². The lowest BCUT2D eigenvalue weighted by Gasteiger charge is -2.31. The fourth-order valence-corrected chi connectivity index (χ4v) is 3.60. The van der Waals surface area contributed by atoms with E-state index in [1.54, 1.807) is 19.2 Å². The van der Waals surface area contributed by atoms with Gasteiger partial charge in [0, 0.05) is 19.5 Å². The van der Waals surface area contributed by atoms with Gasteiger partial charge in [0.2, 0.25) is 5.91 Å². The van der Waals surface area contributed by atoms with Crippen LogP contribution in [-0.2, 0) is 22.6 Å². The smallest absolute Gasteiger partial charge is 0.261 e. The highest BCUT2D eigenvalue weighted by molar-refractivity contribution is 5.88. The molecule has 3 aromatic rings. The average molecular weight is 465 g/mol. The van der Waals surface area contributed by atoms with Crippen LogP contribution in [0.5, 0.6) is 11.5 Å². The van der Waals surface area contributed by atoms with Crippen LogP contribution in [-0.4, -0.2) is 43.0 Å². The quantitative estimate of drug-likeness (QED) is 0.466. The summed E-state index contributed by atoms with van der Waals surface area (Å²) in [6.45, 7) is 2.00. The van der Waals surface area contributed by atoms with Crippen LogP contribution in [0.4, 0.5) is 4.39 Å². The molecule has 0 saturated carbocycles. The Balaban J connectivity index is 1.91. The van der Waals surface area contributed by atoms with E-state index in [1.165, 1.54) is 17.0 Å². The number of rotatable bonds is 11. The first-order chi connectivity index (χ1) is 16.5. The number of benzene rings is 3. The Labute approximate surface area is 199 Å². The van der Waals surface area contributed by atoms with Crippen LogP contribution in [0.1, 0.15) is 18.1 Å². The Bertz CT molecular complexity index is 1090. The van der Waals surface area contributed by atoms with Crippen molar-refractivity contribution in [3.8, 4) is 11.5 Å². The minimum atomic E-state index is -0.787. The lowest BCUT2D eigenvalue weighted by Crippen LogP contribution is -2.51. The molecule has 0 bridgehead atoms. The van der Waals surface area contributed by atoms with Crippen molar-refractivity contribution in [1.82, 2.24) is 10.2 Å². The van der Waals surface area contributed by atoms with E-state index in [4.69, 9.17) is 9.47 Å². The summed E-state index contributed by atoms with van der Waals surface area (Å²) in [5.41, 5.74) is 1.71. The summed E-state index contributed by atoms with van der Waals surface area (Å²) in [6.07, 6.45) is 0.322. The van der Waals surface area contributed by atoms with Crippen LogP contribution < -0.4 is 14.8 Å². The van der Waals surface area contributed by atoms with Crippen LogP contribution in [0, 0.1) is 5.82 Å². The third-order valence-corrected chi connectivity index (χ3v) is 5.30. The van der Waals surface area contributed by atoms with Crippen molar-refractivity contribution in [2.45, 2.75) is 25.9 Å². The van der Waals surface area contributed by atoms with Gasteiger partial charge in [-0.1, -0.05) is 54.6 Å². The van der Waals surface area contributed by atoms with E-state index in [9.17, 15) is 14.0 Å². The fraction of sp³-hybridized carbons (Fsp3) is 0.259. The number of amides is 2. The summed E-state index contributed by atoms with van der Waals surface area (Å²) in [5, 5.41) is 2.83. The highest BCUT2D eigenvalue weighted by Crippen LogP contribution is 2.20. The molecule has 3 aromatic carbocycles. The molecule has 0 aromatic heterocycles. The van der Waals surface area contributed by atoms with Crippen molar-refractivity contribution >= 4 is 11.8 Å². The lowest BCUT2D eigenvalue weighted by molar-refractivity contribution is -0.142. The maximum Gasteiger partial charge on any atom is 0.261 e. The first-order valence-corrected chi connectivity index (χ1v) is 11.1. The number of likely N-dealkylation sites (N-methyl/N-ethyl adjacent to an activating group) is 1. The SMILES string of the molecule is CCNC(=O)[C@@H](Cc1ccccc1)N(Cc1cccc(OC)c1)C(=O)COc1ccccc1F. The van der Waals surface area contributed by atoms with Gasteiger partial charge in [0.15, 0.2) is 18.2 Å². The van der Waals surface area contributed by atoms with Crippen molar-refractivity contribution in [1.29, 1.82) is 0 Å². The molecule has 3 rings (SSSR count). The zero-order chi connectivity index (χ0) is 24.3. The maximum atomic E-state index is 14.0. The van der Waals surface area contributed by atoms with Gasteiger partial charge in [-0.3, -0.25) is 9.59 Å². The van der Waals surface area contributed by atoms with E-state index in [0.29, 0.717) is 18.7 Å². The molecule has 7 heteroatoms. The van der Waals surface area contributed by atoms with E-state index < -0.39 is 24.4 Å². The Morgan fingerprint density at radius 3 is 2.38 bits per heavy atom. The molecule has 0 fully saturated rings. The van der Waals surface area contributed by atoms with Crippen LogP contribution in [0.25, 0.3) is 0 Å². The number of halogens is 1. The molecule has 0 radical (unpaired) electrons. The molecule has 178 valence electrons. The van der Waals surface area contributed by atoms with Gasteiger partial charge in [0.25, 0.3) is 5.91 Å². The van der Waals surface area contributed by atoms with E-state index in [0.717, 1.165) is 11.1 Å². The normalized spacial score (nSPS) is 11.4. The standard InChI is InChI=1S/C27H29FN2O4/c1-3-29-27(32)24(17-20-10-5-4-6-11-20)30(18-21-12-9-13-22(16-21)33-2)26(31)19-34-25-15-8-7-14-23(25)28/h4-16,24H,3,17-19H2,1-2H3,(H,29,32)/t24-/m1/s1. The predicted molar refractivity (Wildman–Crippen MR) is 128 cm³/mol. The first kappa shape index (κ1) is 24.8. The monoisotopic (exact) mass is 464 g/mol. The second-order valence-electron chi connectivity index (χ2n) is 7.69. The van der Waals surface area contributed by atoms with E-state index in [2.05, 4.69) is 5.32 Å². The van der Waals surface area contributed by atoms with Gasteiger partial charge >= 0.3 is 0 Å². The van der Waals surface area contributed by atoms with Gasteiger partial charge in [-0.15, -0.1) is 0 Å². The van der Waals surface area contributed by atoms with Gasteiger partial charge in [-0.25, -0.2) is 4.39 Å². The molecular weight excluding hydrogens is 435 g/mol. The van der Waals surface area contributed by atoms with Crippen molar-refractivity contribution < 1.29 is 23.5 Å². The fourth-order valence-electron chi connectivity index (χ4n) is 3.60. The lowest BCUT2D eigenvalue weighted by atomic mass is 10.0. The number of ether oxygens (including phenoxy) is 2. The number of nitrogens with zero attached hydrogens (tertiary/aromatic N) is 1. The van der Waals surface area contributed by atoms with Crippen LogP contribution >= 0.6 is 0 Å². The number of nitrogens with one attached hydrogen (secondary N) is 1. The molecule has 1 atom stereocenters. The number of hydrogen-bond acceptors (Lipinski definition) is 4. The molecule has 34 heavy (non-hydrogen) atoms. The maximum absolute atomic E-state index is 14.0. The molecule has 0 aliphatic rings. The Morgan fingerprint density at radius 2 is 1.68 bits per heavy atom. The summed E-state index contributed by atoms with van der Waals surface area (Å²) in [7, 11) is 1.57. The summed E-state index contributed by atoms with van der Waals surface area (Å²) < 4.78 is 24.8. The molecular formula is C27H29FN2O4. The number of carbonyl (C=O) groups is 2. The molecule has 0 saturated heterocycles. The van der Waals surface area contributed by atoms with Gasteiger partial charge in [-0.05, 0) is 42.3 Å². The second-order valence-corrected chi connectivity index (χ2v) is 7.69. The Hall–Kier alpha value is -3.87. The number of methoxy groups -OCH3 is 1. The Morgan fingerprint density at radius 1 is 0.971 bits per heavy atom. The van der Waals surface area contributed by atoms with Crippen LogP contribution in [0.2, 0.25) is 0 Å². The highest BCUT2D eigenvalue weighted by Gasteiger charge is 2.30. The third-order valence-electron chi connectivity index (χ3n) is 5.30. The van der Waals surface area contributed by atoms with Gasteiger partial charge < -0.3 is 19.7 Å². The Kier molecular flexibility index (Phi) is 9.03. The van der Waals surface area contributed by atoms with Crippen molar-refractivity contribution in [3.63, 3.8) is 0 Å². The van der Waals surface area contributed by atoms with Gasteiger partial charge in [0.1, 0.15) is 11.8 Å². The summed E-state index contributed by atoms with van der Waals surface area (Å²) in [4.78, 5) is 28.0. The molecule has 1 N–H and O–H groups in total. The molecule has 6 nitrogen and oxygen atoms in total. The zero-order valence-electron chi connectivity index (χ0n) is 19.4. The van der Waals surface area contributed by atoms with E-state index in [-0.39, 0.29) is 18.2 Å². The minimum Gasteiger partial charge on any atom is -0.497 e. The van der Waals surface area contributed by atoms with Crippen molar-refractivity contribution in [3.05, 3.63) is 95.8 Å². The van der Waals surface area contributed by atoms with E-state index in [1.807, 2.05) is 61.5 Å². The minimum absolute atomic E-state index is 0.0187. The molecule has 2 amide bonds. The average Bonchev–Trinajstić information content (AvgIpc) is 2.86. The predicted octanol–water partition coefficient (Wildman–Crippen LogP) is 3.99. The van der Waals surface area contributed by atoms with Crippen LogP contribution in [0.15, 0.2) is 78.9 Å². The molecule has 0 aliphatic carbocycles. The summed E-state index contributed by atoms with van der Waals surface area (Å²) in [5.74, 6) is -0.633. The van der Waals surface area contributed by atoms with Crippen LogP contribution in [0.3, 0.4) is 0 Å². The highest BCUT2D eigenvalue weighted by atomic mass is 19.1. The topological polar surface area (TPSA) is 67.9 Å². The number of carbonyl (C=O) groups excluding carboxylic acids is 2. The van der Waals surface area contributed by atoms with E-state index >= 15 is 0 Å². The molecule has 0 aliphatic heterocycles. The molecule has 0 heterocycles. The number of para-hydroxylation sites is 1. The zero-order valence-corrected chi connectivity index (χ0v) is 19.4. The summed E-state index contributed by atoms with van der Waals surface area (Å²) >= 11 is 0. The molecule has 0 spiro atoms. The first-order valence-electron chi connectivity index (χ1n) is 11.1. The van der Waals surface area contributed by atoms with Gasteiger partial charge in [-0.2, -0.15) is 0 Å². The van der Waals surface area contributed by atoms with Crippen molar-refractivity contribution in [2.24, 2.45) is 0 Å². The van der Waals surface area contributed by atoms with Crippen molar-refractivity contribution in [2.75, 3.05) is 20.3 Å². The number of hydrogen-bond donors (Lipinski definition) is 1. The third kappa shape index (κ3) is 6.81. The molecule has 0 unspecified atom stereocenters.